The Morgan fingerprint density at radius 2 is 1.32 bits per heavy atom. The van der Waals surface area contributed by atoms with Crippen LogP contribution in [0, 0.1) is 13.8 Å². The first-order chi connectivity index (χ1) is 15.1. The van der Waals surface area contributed by atoms with E-state index in [9.17, 15) is 0 Å². The van der Waals surface area contributed by atoms with E-state index in [0.717, 1.165) is 22.7 Å². The first kappa shape index (κ1) is 20.5. The summed E-state index contributed by atoms with van der Waals surface area (Å²) in [6.45, 7) is 4.32. The number of anilines is 2. The largest absolute Gasteiger partial charge is 0.497 e. The standard InChI is InChI=1S/C29H27NO/c1-21-9-12-25(19-22(21)2)29(24-7-5-4-6-8-24)20-23-10-13-26(14-11-23)30-27-15-17-28(31-3)18-16-27/h4-20,30H,1-3H3. The zero-order valence-corrected chi connectivity index (χ0v) is 18.2. The van der Waals surface area contributed by atoms with Crippen LogP contribution in [0.2, 0.25) is 0 Å². The van der Waals surface area contributed by atoms with Gasteiger partial charge in [0.1, 0.15) is 5.75 Å². The third kappa shape index (κ3) is 5.04. The predicted octanol–water partition coefficient (Wildman–Crippen LogP) is 7.64. The molecule has 0 saturated heterocycles. The minimum Gasteiger partial charge on any atom is -0.497 e. The van der Waals surface area contributed by atoms with Gasteiger partial charge in [0.25, 0.3) is 0 Å². The third-order valence-corrected chi connectivity index (χ3v) is 5.50. The van der Waals surface area contributed by atoms with Gasteiger partial charge in [0, 0.05) is 11.4 Å². The Hall–Kier alpha value is -3.78. The SMILES string of the molecule is COc1ccc(Nc2ccc(C=C(c3ccccc3)c3ccc(C)c(C)c3)cc2)cc1. The molecule has 0 atom stereocenters. The van der Waals surface area contributed by atoms with E-state index in [4.69, 9.17) is 4.74 Å². The van der Waals surface area contributed by atoms with Crippen molar-refractivity contribution in [2.24, 2.45) is 0 Å². The Balaban J connectivity index is 1.63. The zero-order valence-electron chi connectivity index (χ0n) is 18.2. The molecule has 0 radical (unpaired) electrons. The number of nitrogens with one attached hydrogen (secondary N) is 1. The van der Waals surface area contributed by atoms with E-state index in [0.29, 0.717) is 0 Å². The van der Waals surface area contributed by atoms with Crippen LogP contribution in [-0.4, -0.2) is 7.11 Å². The van der Waals surface area contributed by atoms with Gasteiger partial charge in [-0.25, -0.2) is 0 Å². The topological polar surface area (TPSA) is 21.3 Å². The first-order valence-electron chi connectivity index (χ1n) is 10.5. The van der Waals surface area contributed by atoms with E-state index < -0.39 is 0 Å². The van der Waals surface area contributed by atoms with Crippen LogP contribution in [0.1, 0.15) is 27.8 Å². The summed E-state index contributed by atoms with van der Waals surface area (Å²) in [5, 5.41) is 3.44. The quantitative estimate of drug-likeness (QED) is 0.333. The summed E-state index contributed by atoms with van der Waals surface area (Å²) in [5.41, 5.74) is 9.53. The second-order valence-corrected chi connectivity index (χ2v) is 7.70. The van der Waals surface area contributed by atoms with E-state index in [1.165, 1.54) is 27.8 Å². The van der Waals surface area contributed by atoms with Gasteiger partial charge in [-0.1, -0.05) is 60.7 Å². The molecule has 4 rings (SSSR count). The molecule has 154 valence electrons. The lowest BCUT2D eigenvalue weighted by atomic mass is 9.93. The lowest BCUT2D eigenvalue weighted by Gasteiger charge is -2.12. The first-order valence-corrected chi connectivity index (χ1v) is 10.5. The van der Waals surface area contributed by atoms with E-state index >= 15 is 0 Å². The Bertz CT molecular complexity index is 1170. The minimum absolute atomic E-state index is 0.853. The van der Waals surface area contributed by atoms with Gasteiger partial charge < -0.3 is 10.1 Å². The maximum Gasteiger partial charge on any atom is 0.119 e. The average molecular weight is 406 g/mol. The van der Waals surface area contributed by atoms with Crippen LogP contribution in [0.25, 0.3) is 11.6 Å². The van der Waals surface area contributed by atoms with Crippen LogP contribution < -0.4 is 10.1 Å². The Kier molecular flexibility index (Phi) is 6.18. The van der Waals surface area contributed by atoms with Gasteiger partial charge in [0.2, 0.25) is 0 Å². The molecule has 4 aromatic carbocycles. The predicted molar refractivity (Wildman–Crippen MR) is 132 cm³/mol. The van der Waals surface area contributed by atoms with Crippen LogP contribution >= 0.6 is 0 Å². The molecular weight excluding hydrogens is 378 g/mol. The van der Waals surface area contributed by atoms with Crippen molar-refractivity contribution in [3.05, 3.63) is 125 Å². The smallest absolute Gasteiger partial charge is 0.119 e. The Morgan fingerprint density at radius 3 is 1.94 bits per heavy atom. The van der Waals surface area contributed by atoms with E-state index in [2.05, 4.69) is 98.0 Å². The fourth-order valence-corrected chi connectivity index (χ4v) is 3.53. The number of hydrogen-bond donors (Lipinski definition) is 1. The van der Waals surface area contributed by atoms with Crippen molar-refractivity contribution >= 4 is 23.0 Å². The number of methoxy groups -OCH3 is 1. The second-order valence-electron chi connectivity index (χ2n) is 7.70. The van der Waals surface area contributed by atoms with Gasteiger partial charge in [-0.15, -0.1) is 0 Å². The molecule has 0 aliphatic carbocycles. The highest BCUT2D eigenvalue weighted by Crippen LogP contribution is 2.28. The van der Waals surface area contributed by atoms with Gasteiger partial charge in [-0.2, -0.15) is 0 Å². The van der Waals surface area contributed by atoms with E-state index in [1.807, 2.05) is 24.3 Å². The maximum absolute atomic E-state index is 5.22. The zero-order chi connectivity index (χ0) is 21.6. The summed E-state index contributed by atoms with van der Waals surface area (Å²) in [4.78, 5) is 0. The van der Waals surface area contributed by atoms with Crippen LogP contribution in [0.5, 0.6) is 5.75 Å². The van der Waals surface area contributed by atoms with Crippen molar-refractivity contribution < 1.29 is 4.74 Å². The molecule has 0 unspecified atom stereocenters. The molecule has 4 aromatic rings. The summed E-state index contributed by atoms with van der Waals surface area (Å²) in [5.74, 6) is 0.853. The number of ether oxygens (including phenoxy) is 1. The number of aryl methyl sites for hydroxylation is 2. The number of rotatable bonds is 6. The fraction of sp³-hybridized carbons (Fsp3) is 0.103. The lowest BCUT2D eigenvalue weighted by Crippen LogP contribution is -1.92. The van der Waals surface area contributed by atoms with Gasteiger partial charge in [0.15, 0.2) is 0 Å². The second kappa shape index (κ2) is 9.36. The normalized spacial score (nSPS) is 11.3. The molecule has 1 N–H and O–H groups in total. The summed E-state index contributed by atoms with van der Waals surface area (Å²) in [6, 6.07) is 33.7. The van der Waals surface area contributed by atoms with E-state index in [1.54, 1.807) is 7.11 Å². The van der Waals surface area contributed by atoms with Gasteiger partial charge in [-0.3, -0.25) is 0 Å². The van der Waals surface area contributed by atoms with Crippen molar-refractivity contribution in [1.82, 2.24) is 0 Å². The molecule has 0 aromatic heterocycles. The lowest BCUT2D eigenvalue weighted by molar-refractivity contribution is 0.415. The Labute approximate surface area is 184 Å². The number of hydrogen-bond acceptors (Lipinski definition) is 2. The maximum atomic E-state index is 5.22. The van der Waals surface area contributed by atoms with Crippen molar-refractivity contribution in [2.45, 2.75) is 13.8 Å². The van der Waals surface area contributed by atoms with Crippen LogP contribution in [0.4, 0.5) is 11.4 Å². The minimum atomic E-state index is 0.853. The molecule has 0 spiro atoms. The third-order valence-electron chi connectivity index (χ3n) is 5.50. The summed E-state index contributed by atoms with van der Waals surface area (Å²) >= 11 is 0. The molecular formula is C29H27NO. The van der Waals surface area contributed by atoms with Crippen molar-refractivity contribution in [2.75, 3.05) is 12.4 Å². The average Bonchev–Trinajstić information content (AvgIpc) is 2.81. The van der Waals surface area contributed by atoms with Crippen molar-refractivity contribution in [3.63, 3.8) is 0 Å². The van der Waals surface area contributed by atoms with Crippen LogP contribution in [0.15, 0.2) is 97.1 Å². The molecule has 2 nitrogen and oxygen atoms in total. The van der Waals surface area contributed by atoms with Gasteiger partial charge in [0.05, 0.1) is 7.11 Å². The monoisotopic (exact) mass is 405 g/mol. The molecule has 0 saturated carbocycles. The van der Waals surface area contributed by atoms with Crippen LogP contribution in [-0.2, 0) is 0 Å². The van der Waals surface area contributed by atoms with Crippen molar-refractivity contribution in [3.8, 4) is 5.75 Å². The Morgan fingerprint density at radius 1 is 0.677 bits per heavy atom. The highest BCUT2D eigenvalue weighted by molar-refractivity contribution is 5.91. The number of benzene rings is 4. The highest BCUT2D eigenvalue weighted by atomic mass is 16.5. The summed E-state index contributed by atoms with van der Waals surface area (Å²) < 4.78 is 5.22. The molecule has 0 amide bonds. The summed E-state index contributed by atoms with van der Waals surface area (Å²) in [6.07, 6.45) is 2.26. The van der Waals surface area contributed by atoms with Crippen LogP contribution in [0.3, 0.4) is 0 Å². The molecule has 0 aliphatic rings. The summed E-state index contributed by atoms with van der Waals surface area (Å²) in [7, 11) is 1.68. The highest BCUT2D eigenvalue weighted by Gasteiger charge is 2.07. The van der Waals surface area contributed by atoms with Gasteiger partial charge in [-0.05, 0) is 89.7 Å². The molecule has 0 heterocycles. The molecule has 0 aliphatic heterocycles. The van der Waals surface area contributed by atoms with Gasteiger partial charge >= 0.3 is 0 Å². The van der Waals surface area contributed by atoms with E-state index in [-0.39, 0.29) is 0 Å². The molecule has 0 fully saturated rings. The van der Waals surface area contributed by atoms with Crippen molar-refractivity contribution in [1.29, 1.82) is 0 Å². The fourth-order valence-electron chi connectivity index (χ4n) is 3.53. The molecule has 0 bridgehead atoms. The molecule has 2 heteroatoms. The molecule has 31 heavy (non-hydrogen) atoms.